The zero-order valence-electron chi connectivity index (χ0n) is 12.7. The Morgan fingerprint density at radius 3 is 2.76 bits per heavy atom. The Kier molecular flexibility index (Phi) is 3.47. The third-order valence-electron chi connectivity index (χ3n) is 3.33. The molecular weight excluding hydrogens is 260 g/mol. The number of aromatic nitrogens is 3. The Balaban J connectivity index is 1.92. The van der Waals surface area contributed by atoms with Crippen LogP contribution in [0.3, 0.4) is 0 Å². The van der Waals surface area contributed by atoms with Crippen molar-refractivity contribution in [2.75, 3.05) is 0 Å². The zero-order valence-corrected chi connectivity index (χ0v) is 12.7. The number of para-hydroxylation sites is 1. The fourth-order valence-electron chi connectivity index (χ4n) is 2.21. The molecule has 4 nitrogen and oxygen atoms in total. The van der Waals surface area contributed by atoms with Crippen molar-refractivity contribution < 1.29 is 0 Å². The Bertz CT molecular complexity index is 753. The van der Waals surface area contributed by atoms with Gasteiger partial charge in [0.15, 0.2) is 5.82 Å². The average Bonchev–Trinajstić information content (AvgIpc) is 2.89. The van der Waals surface area contributed by atoms with Gasteiger partial charge in [-0.2, -0.15) is 5.10 Å². The lowest BCUT2D eigenvalue weighted by atomic mass is 10.1. The lowest BCUT2D eigenvalue weighted by Gasteiger charge is -2.20. The van der Waals surface area contributed by atoms with Gasteiger partial charge in [-0.05, 0) is 44.5 Å². The van der Waals surface area contributed by atoms with Crippen molar-refractivity contribution in [2.45, 2.75) is 32.9 Å². The van der Waals surface area contributed by atoms with Crippen LogP contribution in [-0.4, -0.2) is 20.3 Å². The molecule has 0 bridgehead atoms. The van der Waals surface area contributed by atoms with Gasteiger partial charge in [0.2, 0.25) is 0 Å². The Morgan fingerprint density at radius 2 is 1.95 bits per heavy atom. The maximum absolute atomic E-state index is 4.45. The van der Waals surface area contributed by atoms with Crippen LogP contribution in [0.25, 0.3) is 16.7 Å². The molecule has 4 heteroatoms. The number of pyridine rings is 1. The van der Waals surface area contributed by atoms with Crippen molar-refractivity contribution in [2.24, 2.45) is 0 Å². The maximum atomic E-state index is 4.45. The van der Waals surface area contributed by atoms with Gasteiger partial charge in [-0.3, -0.25) is 0 Å². The van der Waals surface area contributed by atoms with E-state index in [-0.39, 0.29) is 5.54 Å². The molecule has 21 heavy (non-hydrogen) atoms. The molecule has 0 saturated carbocycles. The average molecular weight is 280 g/mol. The molecule has 1 aromatic carbocycles. The van der Waals surface area contributed by atoms with E-state index < -0.39 is 0 Å². The van der Waals surface area contributed by atoms with Crippen molar-refractivity contribution in [3.05, 3.63) is 54.4 Å². The minimum atomic E-state index is 0.0990. The van der Waals surface area contributed by atoms with Crippen LogP contribution in [0, 0.1) is 0 Å². The minimum absolute atomic E-state index is 0.0990. The Morgan fingerprint density at radius 1 is 1.14 bits per heavy atom. The van der Waals surface area contributed by atoms with E-state index in [1.54, 1.807) is 0 Å². The highest BCUT2D eigenvalue weighted by Crippen LogP contribution is 2.17. The first kappa shape index (κ1) is 13.8. The van der Waals surface area contributed by atoms with Crippen LogP contribution in [0.1, 0.15) is 26.3 Å². The first-order chi connectivity index (χ1) is 10.0. The van der Waals surface area contributed by atoms with Crippen molar-refractivity contribution in [1.82, 2.24) is 20.1 Å². The van der Waals surface area contributed by atoms with Gasteiger partial charge in [0, 0.05) is 23.7 Å². The van der Waals surface area contributed by atoms with Gasteiger partial charge in [-0.1, -0.05) is 18.2 Å². The van der Waals surface area contributed by atoms with Gasteiger partial charge < -0.3 is 5.32 Å². The van der Waals surface area contributed by atoms with E-state index in [9.17, 15) is 0 Å². The molecular formula is C17H20N4. The molecule has 108 valence electrons. The summed E-state index contributed by atoms with van der Waals surface area (Å²) < 4.78 is 1.88. The second-order valence-corrected chi connectivity index (χ2v) is 6.24. The van der Waals surface area contributed by atoms with Gasteiger partial charge in [0.05, 0.1) is 11.7 Å². The summed E-state index contributed by atoms with van der Waals surface area (Å²) in [6.45, 7) is 7.31. The van der Waals surface area contributed by atoms with Crippen LogP contribution < -0.4 is 5.32 Å². The van der Waals surface area contributed by atoms with E-state index in [0.29, 0.717) is 0 Å². The molecule has 0 saturated heterocycles. The van der Waals surface area contributed by atoms with Crippen LogP contribution >= 0.6 is 0 Å². The van der Waals surface area contributed by atoms with Crippen LogP contribution in [0.4, 0.5) is 0 Å². The van der Waals surface area contributed by atoms with E-state index >= 15 is 0 Å². The number of hydrogen-bond acceptors (Lipinski definition) is 3. The molecule has 0 aliphatic heterocycles. The predicted octanol–water partition coefficient (Wildman–Crippen LogP) is 3.31. The Labute approximate surface area is 124 Å². The summed E-state index contributed by atoms with van der Waals surface area (Å²) in [5, 5.41) is 9.06. The summed E-state index contributed by atoms with van der Waals surface area (Å²) >= 11 is 0. The van der Waals surface area contributed by atoms with Gasteiger partial charge in [0.25, 0.3) is 0 Å². The van der Waals surface area contributed by atoms with Gasteiger partial charge in [-0.25, -0.2) is 9.67 Å². The van der Waals surface area contributed by atoms with Crippen LogP contribution in [0.2, 0.25) is 0 Å². The van der Waals surface area contributed by atoms with Gasteiger partial charge >= 0.3 is 0 Å². The fourth-order valence-corrected chi connectivity index (χ4v) is 2.21. The lowest BCUT2D eigenvalue weighted by Crippen LogP contribution is -2.35. The predicted molar refractivity (Wildman–Crippen MR) is 85.5 cm³/mol. The third-order valence-corrected chi connectivity index (χ3v) is 3.33. The minimum Gasteiger partial charge on any atom is -0.308 e. The molecule has 0 aliphatic rings. The quantitative estimate of drug-likeness (QED) is 0.800. The molecule has 3 aromatic rings. The summed E-state index contributed by atoms with van der Waals surface area (Å²) in [6, 6.07) is 12.3. The fraction of sp³-hybridized carbons (Fsp3) is 0.294. The molecule has 1 N–H and O–H groups in total. The molecule has 0 amide bonds. The van der Waals surface area contributed by atoms with Crippen molar-refractivity contribution in [3.63, 3.8) is 0 Å². The smallest absolute Gasteiger partial charge is 0.154 e. The first-order valence-corrected chi connectivity index (χ1v) is 7.16. The molecule has 0 aliphatic carbocycles. The highest BCUT2D eigenvalue weighted by Gasteiger charge is 2.10. The monoisotopic (exact) mass is 280 g/mol. The van der Waals surface area contributed by atoms with E-state index in [0.717, 1.165) is 23.3 Å². The molecule has 0 atom stereocenters. The normalized spacial score (nSPS) is 12.0. The van der Waals surface area contributed by atoms with Crippen LogP contribution in [0.15, 0.2) is 48.8 Å². The standard InChI is InChI=1S/C17H20N4/c1-17(2,3)19-11-13-8-9-18-16(10-13)21-15-7-5-4-6-14(15)12-20-21/h4-10,12,19H,11H2,1-3H3. The largest absolute Gasteiger partial charge is 0.308 e. The summed E-state index contributed by atoms with van der Waals surface area (Å²) in [5.74, 6) is 0.851. The highest BCUT2D eigenvalue weighted by molar-refractivity contribution is 5.79. The van der Waals surface area contributed by atoms with Gasteiger partial charge in [0.1, 0.15) is 0 Å². The first-order valence-electron chi connectivity index (χ1n) is 7.16. The number of hydrogen-bond donors (Lipinski definition) is 1. The second kappa shape index (κ2) is 5.30. The maximum Gasteiger partial charge on any atom is 0.154 e. The summed E-state index contributed by atoms with van der Waals surface area (Å²) in [7, 11) is 0. The number of rotatable bonds is 3. The Hall–Kier alpha value is -2.20. The molecule has 0 unspecified atom stereocenters. The van der Waals surface area contributed by atoms with Crippen LogP contribution in [0.5, 0.6) is 0 Å². The second-order valence-electron chi connectivity index (χ2n) is 6.24. The van der Waals surface area contributed by atoms with E-state index in [2.05, 4.69) is 54.4 Å². The number of benzene rings is 1. The molecule has 2 aromatic heterocycles. The van der Waals surface area contributed by atoms with Crippen LogP contribution in [-0.2, 0) is 6.54 Å². The van der Waals surface area contributed by atoms with E-state index in [1.807, 2.05) is 35.3 Å². The van der Waals surface area contributed by atoms with E-state index in [4.69, 9.17) is 0 Å². The summed E-state index contributed by atoms with van der Waals surface area (Å²) in [4.78, 5) is 4.45. The topological polar surface area (TPSA) is 42.7 Å². The van der Waals surface area contributed by atoms with Crippen molar-refractivity contribution in [1.29, 1.82) is 0 Å². The number of nitrogens with zero attached hydrogens (tertiary/aromatic N) is 3. The molecule has 0 spiro atoms. The molecule has 3 rings (SSSR count). The number of fused-ring (bicyclic) bond motifs is 1. The highest BCUT2D eigenvalue weighted by atomic mass is 15.3. The van der Waals surface area contributed by atoms with Gasteiger partial charge in [-0.15, -0.1) is 0 Å². The van der Waals surface area contributed by atoms with Crippen molar-refractivity contribution >= 4 is 10.9 Å². The molecule has 2 heterocycles. The van der Waals surface area contributed by atoms with E-state index in [1.165, 1.54) is 5.56 Å². The molecule has 0 fully saturated rings. The lowest BCUT2D eigenvalue weighted by molar-refractivity contribution is 0.424. The SMILES string of the molecule is CC(C)(C)NCc1ccnc(-n2ncc3ccccc32)c1. The molecule has 0 radical (unpaired) electrons. The number of nitrogens with one attached hydrogen (secondary N) is 1. The van der Waals surface area contributed by atoms with Crippen molar-refractivity contribution in [3.8, 4) is 5.82 Å². The zero-order chi connectivity index (χ0) is 14.9. The summed E-state index contributed by atoms with van der Waals surface area (Å²) in [6.07, 6.45) is 3.71. The third kappa shape index (κ3) is 3.11. The summed E-state index contributed by atoms with van der Waals surface area (Å²) in [5.41, 5.74) is 2.38.